The third kappa shape index (κ3) is 3.42. The number of alkyl halides is 1. The fraction of sp³-hybridized carbons (Fsp3) is 0.316. The summed E-state index contributed by atoms with van der Waals surface area (Å²) in [6.45, 7) is 4.00. The number of rotatable bonds is 4. The van der Waals surface area contributed by atoms with Gasteiger partial charge in [-0.15, -0.1) is 10.2 Å². The Kier molecular flexibility index (Phi) is 4.62. The average molecular weight is 366 g/mol. The quantitative estimate of drug-likeness (QED) is 0.767. The zero-order valence-electron chi connectivity index (χ0n) is 14.7. The van der Waals surface area contributed by atoms with Crippen LogP contribution in [0.15, 0.2) is 48.6 Å². The van der Waals surface area contributed by atoms with E-state index in [2.05, 4.69) is 31.7 Å². The van der Waals surface area contributed by atoms with Crippen molar-refractivity contribution >= 4 is 5.57 Å². The summed E-state index contributed by atoms with van der Waals surface area (Å²) in [6.07, 6.45) is 10.3. The Morgan fingerprint density at radius 1 is 1.30 bits per heavy atom. The highest BCUT2D eigenvalue weighted by molar-refractivity contribution is 5.63. The lowest BCUT2D eigenvalue weighted by Gasteiger charge is -2.26. The molecule has 1 N–H and O–H groups in total. The lowest BCUT2D eigenvalue weighted by Crippen LogP contribution is -2.22. The maximum atomic E-state index is 14.2. The Morgan fingerprint density at radius 3 is 2.81 bits per heavy atom. The van der Waals surface area contributed by atoms with Gasteiger partial charge in [0.15, 0.2) is 11.3 Å². The number of nitrogens with one attached hydrogen (secondary N) is 1. The number of aromatic nitrogens is 6. The van der Waals surface area contributed by atoms with Crippen LogP contribution in [-0.4, -0.2) is 35.9 Å². The molecule has 2 atom stereocenters. The molecule has 8 heteroatoms. The summed E-state index contributed by atoms with van der Waals surface area (Å²) in [7, 11) is 0. The summed E-state index contributed by atoms with van der Waals surface area (Å²) in [5, 5.41) is 8.19. The molecule has 0 unspecified atom stereocenters. The SMILES string of the molecule is C=C(c1cnc(-c2c[nH]c(-n3ccnc3)cc2=O)nn1)[C@@H]1CCCC[C@H]1F. The first kappa shape index (κ1) is 17.3. The van der Waals surface area contributed by atoms with E-state index in [4.69, 9.17) is 0 Å². The molecule has 0 radical (unpaired) electrons. The molecule has 0 amide bonds. The van der Waals surface area contributed by atoms with Crippen molar-refractivity contribution in [3.8, 4) is 17.2 Å². The number of H-pyrrole nitrogens is 1. The highest BCUT2D eigenvalue weighted by atomic mass is 19.1. The van der Waals surface area contributed by atoms with Crippen LogP contribution >= 0.6 is 0 Å². The smallest absolute Gasteiger partial charge is 0.194 e. The fourth-order valence-electron chi connectivity index (χ4n) is 3.40. The Morgan fingerprint density at radius 2 is 2.15 bits per heavy atom. The van der Waals surface area contributed by atoms with E-state index in [1.165, 1.54) is 12.3 Å². The largest absolute Gasteiger partial charge is 0.347 e. The molecule has 1 fully saturated rings. The third-order valence-electron chi connectivity index (χ3n) is 4.94. The fourth-order valence-corrected chi connectivity index (χ4v) is 3.40. The first-order chi connectivity index (χ1) is 13.1. The molecule has 1 aliphatic rings. The third-order valence-corrected chi connectivity index (χ3v) is 4.94. The molecule has 0 aromatic carbocycles. The van der Waals surface area contributed by atoms with E-state index in [9.17, 15) is 9.18 Å². The van der Waals surface area contributed by atoms with E-state index in [-0.39, 0.29) is 17.2 Å². The topological polar surface area (TPSA) is 89.4 Å². The summed E-state index contributed by atoms with van der Waals surface area (Å²) in [4.78, 5) is 23.6. The highest BCUT2D eigenvalue weighted by Crippen LogP contribution is 2.35. The second-order valence-corrected chi connectivity index (χ2v) is 6.67. The van der Waals surface area contributed by atoms with Gasteiger partial charge >= 0.3 is 0 Å². The number of pyridine rings is 1. The molecule has 1 aliphatic carbocycles. The van der Waals surface area contributed by atoms with Gasteiger partial charge in [0.1, 0.15) is 24.0 Å². The zero-order valence-corrected chi connectivity index (χ0v) is 14.7. The minimum atomic E-state index is -0.897. The van der Waals surface area contributed by atoms with Crippen LogP contribution < -0.4 is 5.43 Å². The summed E-state index contributed by atoms with van der Waals surface area (Å²) in [5.74, 6) is 0.564. The molecule has 138 valence electrons. The van der Waals surface area contributed by atoms with Crippen molar-refractivity contribution in [2.75, 3.05) is 0 Å². The Hall–Kier alpha value is -3.16. The number of halogens is 1. The van der Waals surface area contributed by atoms with E-state index in [1.807, 2.05) is 0 Å². The minimum absolute atomic E-state index is 0.213. The summed E-state index contributed by atoms with van der Waals surface area (Å²) in [6, 6.07) is 1.45. The molecule has 3 heterocycles. The lowest BCUT2D eigenvalue weighted by atomic mass is 9.82. The van der Waals surface area contributed by atoms with E-state index in [0.717, 1.165) is 19.3 Å². The lowest BCUT2D eigenvalue weighted by molar-refractivity contribution is 0.205. The van der Waals surface area contributed by atoms with Gasteiger partial charge in [-0.3, -0.25) is 9.36 Å². The van der Waals surface area contributed by atoms with Gasteiger partial charge < -0.3 is 4.98 Å². The van der Waals surface area contributed by atoms with Crippen LogP contribution in [0.1, 0.15) is 31.4 Å². The van der Waals surface area contributed by atoms with Crippen LogP contribution in [0.25, 0.3) is 22.8 Å². The summed E-state index contributed by atoms with van der Waals surface area (Å²) >= 11 is 0. The highest BCUT2D eigenvalue weighted by Gasteiger charge is 2.28. The normalized spacial score (nSPS) is 19.7. The van der Waals surface area contributed by atoms with Crippen LogP contribution in [-0.2, 0) is 0 Å². The van der Waals surface area contributed by atoms with E-state index < -0.39 is 6.17 Å². The van der Waals surface area contributed by atoms with Gasteiger partial charge in [0.2, 0.25) is 0 Å². The second kappa shape index (κ2) is 7.22. The second-order valence-electron chi connectivity index (χ2n) is 6.67. The van der Waals surface area contributed by atoms with Gasteiger partial charge in [-0.25, -0.2) is 14.4 Å². The number of aromatic amines is 1. The van der Waals surface area contributed by atoms with Crippen molar-refractivity contribution in [1.82, 2.24) is 29.7 Å². The van der Waals surface area contributed by atoms with Gasteiger partial charge in [-0.1, -0.05) is 19.4 Å². The molecular weight excluding hydrogens is 347 g/mol. The number of allylic oxidation sites excluding steroid dienone is 1. The first-order valence-electron chi connectivity index (χ1n) is 8.88. The van der Waals surface area contributed by atoms with Crippen LogP contribution in [0.5, 0.6) is 0 Å². The number of imidazole rings is 1. The van der Waals surface area contributed by atoms with Crippen molar-refractivity contribution in [1.29, 1.82) is 0 Å². The van der Waals surface area contributed by atoms with Crippen molar-refractivity contribution in [2.45, 2.75) is 31.9 Å². The van der Waals surface area contributed by atoms with Crippen molar-refractivity contribution in [3.63, 3.8) is 0 Å². The molecule has 3 aromatic rings. The van der Waals surface area contributed by atoms with Crippen LogP contribution in [0.2, 0.25) is 0 Å². The van der Waals surface area contributed by atoms with E-state index in [0.29, 0.717) is 29.1 Å². The standard InChI is InChI=1S/C19H19FN6O/c1-12(13-4-2-3-5-15(13)20)16-10-23-19(25-24-16)14-9-22-18(8-17(14)27)26-7-6-21-11-26/h6-11,13,15H,1-5H2,(H,22,27)/t13-,15+/m0/s1. The Balaban J connectivity index is 1.57. The van der Waals surface area contributed by atoms with Crippen LogP contribution in [0.4, 0.5) is 4.39 Å². The molecule has 27 heavy (non-hydrogen) atoms. The van der Waals surface area contributed by atoms with Gasteiger partial charge in [-0.2, -0.15) is 0 Å². The van der Waals surface area contributed by atoms with Gasteiger partial charge in [-0.05, 0) is 18.4 Å². The maximum Gasteiger partial charge on any atom is 0.194 e. The predicted octanol–water partition coefficient (Wildman–Crippen LogP) is 2.95. The maximum absolute atomic E-state index is 14.2. The van der Waals surface area contributed by atoms with E-state index in [1.54, 1.807) is 29.5 Å². The van der Waals surface area contributed by atoms with Gasteiger partial charge in [0, 0.05) is 30.6 Å². The average Bonchev–Trinajstić information content (AvgIpc) is 3.23. The predicted molar refractivity (Wildman–Crippen MR) is 98.9 cm³/mol. The summed E-state index contributed by atoms with van der Waals surface area (Å²) in [5.41, 5.74) is 1.17. The molecule has 0 saturated heterocycles. The molecule has 3 aromatic heterocycles. The Labute approximate surface area is 155 Å². The number of hydrogen-bond donors (Lipinski definition) is 1. The minimum Gasteiger partial charge on any atom is -0.347 e. The molecule has 0 aliphatic heterocycles. The van der Waals surface area contributed by atoms with Crippen molar-refractivity contribution in [3.05, 3.63) is 59.7 Å². The Bertz CT molecular complexity index is 996. The number of nitrogens with zero attached hydrogens (tertiary/aromatic N) is 5. The van der Waals surface area contributed by atoms with Crippen LogP contribution in [0.3, 0.4) is 0 Å². The molecule has 1 saturated carbocycles. The van der Waals surface area contributed by atoms with E-state index >= 15 is 0 Å². The number of hydrogen-bond acceptors (Lipinski definition) is 5. The molecule has 0 spiro atoms. The molecule has 7 nitrogen and oxygen atoms in total. The first-order valence-corrected chi connectivity index (χ1v) is 8.88. The van der Waals surface area contributed by atoms with Crippen molar-refractivity contribution in [2.24, 2.45) is 5.92 Å². The molecular formula is C19H19FN6O. The van der Waals surface area contributed by atoms with Gasteiger partial charge in [0.05, 0.1) is 11.8 Å². The zero-order chi connectivity index (χ0) is 18.8. The molecule has 4 rings (SSSR count). The monoisotopic (exact) mass is 366 g/mol. The summed E-state index contributed by atoms with van der Waals surface area (Å²) < 4.78 is 15.8. The van der Waals surface area contributed by atoms with Gasteiger partial charge in [0.25, 0.3) is 0 Å². The van der Waals surface area contributed by atoms with Crippen LogP contribution in [0, 0.1) is 5.92 Å². The molecule has 0 bridgehead atoms. The van der Waals surface area contributed by atoms with Crippen molar-refractivity contribution < 1.29 is 4.39 Å².